The lowest BCUT2D eigenvalue weighted by Crippen LogP contribution is -2.44. The Hall–Kier alpha value is -2.90. The van der Waals surface area contributed by atoms with Gasteiger partial charge in [0.15, 0.2) is 11.6 Å². The summed E-state index contributed by atoms with van der Waals surface area (Å²) in [5.41, 5.74) is 3.86. The molecular weight excluding hydrogens is 534 g/mol. The molecule has 5 rings (SSSR count). The normalized spacial score (nSPS) is 21.1. The number of carbonyl (C=O) groups is 2. The smallest absolute Gasteiger partial charge is 0.339 e. The number of allylic oxidation sites excluding steroid dienone is 4. The zero-order chi connectivity index (χ0) is 28.3. The number of rotatable bonds is 5. The zero-order valence-corrected chi connectivity index (χ0v) is 24.6. The van der Waals surface area contributed by atoms with Gasteiger partial charge in [-0.15, -0.1) is 0 Å². The van der Waals surface area contributed by atoms with Crippen molar-refractivity contribution >= 4 is 33.3 Å². The molecule has 2 aromatic carbocycles. The third kappa shape index (κ3) is 5.19. The molecule has 2 aromatic rings. The lowest BCUT2D eigenvalue weighted by molar-refractivity contribution is -0.119. The van der Waals surface area contributed by atoms with Crippen LogP contribution in [0.15, 0.2) is 76.0 Å². The van der Waals surface area contributed by atoms with Crippen molar-refractivity contribution in [2.45, 2.75) is 71.1 Å². The fraction of sp³-hybridized carbons (Fsp3) is 0.419. The molecule has 1 heterocycles. The summed E-state index contributed by atoms with van der Waals surface area (Å²) in [7, 11) is -4.05. The first kappa shape index (κ1) is 27.7. The van der Waals surface area contributed by atoms with E-state index in [4.69, 9.17) is 15.8 Å². The Morgan fingerprint density at radius 1 is 0.821 bits per heavy atom. The van der Waals surface area contributed by atoms with Crippen molar-refractivity contribution in [1.29, 1.82) is 0 Å². The van der Waals surface area contributed by atoms with Gasteiger partial charge in [-0.05, 0) is 72.6 Å². The molecule has 6 nitrogen and oxygen atoms in total. The minimum Gasteiger partial charge on any atom is -0.379 e. The number of ketones is 2. The maximum absolute atomic E-state index is 13.7. The van der Waals surface area contributed by atoms with E-state index in [1.165, 1.54) is 24.3 Å². The van der Waals surface area contributed by atoms with Crippen LogP contribution in [0.2, 0.25) is 5.02 Å². The van der Waals surface area contributed by atoms with E-state index in [1.807, 2.05) is 0 Å². The Bertz CT molecular complexity index is 1460. The Balaban J connectivity index is 1.58. The maximum Gasteiger partial charge on any atom is 0.339 e. The van der Waals surface area contributed by atoms with Gasteiger partial charge in [0.25, 0.3) is 0 Å². The topological polar surface area (TPSA) is 80.8 Å². The fourth-order valence-corrected chi connectivity index (χ4v) is 7.31. The molecule has 8 heteroatoms. The van der Waals surface area contributed by atoms with Gasteiger partial charge in [-0.25, -0.2) is 0 Å². The van der Waals surface area contributed by atoms with Crippen molar-refractivity contribution < 1.29 is 22.2 Å². The lowest BCUT2D eigenvalue weighted by Gasteiger charge is -2.48. The van der Waals surface area contributed by atoms with Crippen molar-refractivity contribution in [3.05, 3.63) is 81.7 Å². The van der Waals surface area contributed by atoms with Crippen LogP contribution in [0.25, 0.3) is 0 Å². The third-order valence-electron chi connectivity index (χ3n) is 7.86. The van der Waals surface area contributed by atoms with Gasteiger partial charge in [-0.1, -0.05) is 51.4 Å². The predicted octanol–water partition coefficient (Wildman–Crippen LogP) is 6.81. The molecule has 0 fully saturated rings. The highest BCUT2D eigenvalue weighted by molar-refractivity contribution is 7.87. The summed E-state index contributed by atoms with van der Waals surface area (Å²) < 4.78 is 30.9. The molecule has 206 valence electrons. The molecule has 0 radical (unpaired) electrons. The number of hydrogen-bond donors (Lipinski definition) is 0. The molecule has 0 spiro atoms. The Morgan fingerprint density at radius 2 is 1.31 bits per heavy atom. The molecule has 0 N–H and O–H groups in total. The minimum atomic E-state index is -4.05. The van der Waals surface area contributed by atoms with Crippen molar-refractivity contribution in [1.82, 2.24) is 4.90 Å². The van der Waals surface area contributed by atoms with Crippen LogP contribution in [-0.2, 0) is 19.7 Å². The Labute approximate surface area is 235 Å². The van der Waals surface area contributed by atoms with Crippen molar-refractivity contribution in [3.63, 3.8) is 0 Å². The number of carbonyl (C=O) groups excluding carboxylic acids is 2. The zero-order valence-electron chi connectivity index (χ0n) is 23.0. The van der Waals surface area contributed by atoms with E-state index < -0.39 is 16.0 Å². The molecule has 2 aliphatic carbocycles. The van der Waals surface area contributed by atoms with Gasteiger partial charge in [-0.3, -0.25) is 9.59 Å². The van der Waals surface area contributed by atoms with Crippen LogP contribution in [0.1, 0.15) is 71.8 Å². The minimum absolute atomic E-state index is 0.00153. The van der Waals surface area contributed by atoms with Crippen LogP contribution in [0.4, 0.5) is 0 Å². The van der Waals surface area contributed by atoms with Gasteiger partial charge >= 0.3 is 10.1 Å². The maximum atomic E-state index is 13.7. The second-order valence-corrected chi connectivity index (χ2v) is 14.3. The SMILES string of the molecule is CCN1C2=C(C(=O)CC(C)(C)C2)C(c2ccc(OS(=O)(=O)c3ccc(Cl)cc3)cc2)C2=C1CC(C)(C)CC2=O. The quantitative estimate of drug-likeness (QED) is 0.369. The Kier molecular flexibility index (Phi) is 6.83. The van der Waals surface area contributed by atoms with E-state index in [0.29, 0.717) is 35.6 Å². The number of Topliss-reactive ketones (excluding diaryl/α,β-unsaturated/α-hetero) is 2. The van der Waals surface area contributed by atoms with Crippen molar-refractivity contribution in [3.8, 4) is 5.75 Å². The highest BCUT2D eigenvalue weighted by atomic mass is 35.5. The Morgan fingerprint density at radius 3 is 1.77 bits per heavy atom. The van der Waals surface area contributed by atoms with Gasteiger partial charge in [0.2, 0.25) is 0 Å². The van der Waals surface area contributed by atoms with Gasteiger partial charge in [0, 0.05) is 52.9 Å². The van der Waals surface area contributed by atoms with Gasteiger partial charge in [-0.2, -0.15) is 8.42 Å². The van der Waals surface area contributed by atoms with Crippen LogP contribution in [0, 0.1) is 10.8 Å². The molecule has 0 amide bonds. The standard InChI is InChI=1S/C31H34ClNO5S/c1-6-33-23-15-30(2,3)17-25(34)28(23)27(29-24(33)16-31(4,5)18-26(29)35)19-7-11-21(12-8-19)38-39(36,37)22-13-9-20(32)10-14-22/h7-14,27H,6,15-18H2,1-5H3. The first-order chi connectivity index (χ1) is 18.2. The van der Waals surface area contributed by atoms with E-state index in [2.05, 4.69) is 39.5 Å². The van der Waals surface area contributed by atoms with Gasteiger partial charge < -0.3 is 9.08 Å². The van der Waals surface area contributed by atoms with Gasteiger partial charge in [0.1, 0.15) is 10.6 Å². The molecule has 0 saturated heterocycles. The molecular formula is C31H34ClNO5S. The van der Waals surface area contributed by atoms with Crippen LogP contribution < -0.4 is 4.18 Å². The van der Waals surface area contributed by atoms with Crippen LogP contribution in [0.3, 0.4) is 0 Å². The first-order valence-corrected chi connectivity index (χ1v) is 15.1. The molecule has 0 atom stereocenters. The number of halogens is 1. The van der Waals surface area contributed by atoms with E-state index in [9.17, 15) is 18.0 Å². The summed E-state index contributed by atoms with van der Waals surface area (Å²) in [6.45, 7) is 11.2. The predicted molar refractivity (Wildman–Crippen MR) is 151 cm³/mol. The average molecular weight is 568 g/mol. The summed E-state index contributed by atoms with van der Waals surface area (Å²) in [5, 5.41) is 0.427. The lowest BCUT2D eigenvalue weighted by atomic mass is 9.63. The van der Waals surface area contributed by atoms with E-state index in [0.717, 1.165) is 29.8 Å². The summed E-state index contributed by atoms with van der Waals surface area (Å²) in [5.74, 6) is -0.193. The van der Waals surface area contributed by atoms with Crippen LogP contribution in [-0.4, -0.2) is 31.4 Å². The monoisotopic (exact) mass is 567 g/mol. The summed E-state index contributed by atoms with van der Waals surface area (Å²) >= 11 is 5.89. The first-order valence-electron chi connectivity index (χ1n) is 13.3. The molecule has 0 saturated carbocycles. The van der Waals surface area contributed by atoms with Crippen molar-refractivity contribution in [2.24, 2.45) is 10.8 Å². The highest BCUT2D eigenvalue weighted by Gasteiger charge is 2.48. The summed E-state index contributed by atoms with van der Waals surface area (Å²) in [6, 6.07) is 12.5. The number of hydrogen-bond acceptors (Lipinski definition) is 6. The largest absolute Gasteiger partial charge is 0.379 e. The number of benzene rings is 2. The molecule has 39 heavy (non-hydrogen) atoms. The molecule has 3 aliphatic rings. The molecule has 0 unspecified atom stereocenters. The third-order valence-corrected chi connectivity index (χ3v) is 9.37. The van der Waals surface area contributed by atoms with E-state index in [-0.39, 0.29) is 33.0 Å². The van der Waals surface area contributed by atoms with Crippen LogP contribution >= 0.6 is 11.6 Å². The van der Waals surface area contributed by atoms with E-state index in [1.54, 1.807) is 24.3 Å². The summed E-state index contributed by atoms with van der Waals surface area (Å²) in [4.78, 5) is 29.6. The molecule has 0 aromatic heterocycles. The van der Waals surface area contributed by atoms with Crippen LogP contribution in [0.5, 0.6) is 5.75 Å². The highest BCUT2D eigenvalue weighted by Crippen LogP contribution is 2.54. The molecule has 0 bridgehead atoms. The average Bonchev–Trinajstić information content (AvgIpc) is 2.82. The van der Waals surface area contributed by atoms with E-state index >= 15 is 0 Å². The molecule has 1 aliphatic heterocycles. The fourth-order valence-electron chi connectivity index (χ4n) is 6.25. The second-order valence-electron chi connectivity index (χ2n) is 12.3. The van der Waals surface area contributed by atoms with Gasteiger partial charge in [0.05, 0.1) is 0 Å². The summed E-state index contributed by atoms with van der Waals surface area (Å²) in [6.07, 6.45) is 2.35. The second kappa shape index (κ2) is 9.63. The number of nitrogens with zero attached hydrogens (tertiary/aromatic N) is 1. The van der Waals surface area contributed by atoms with Crippen molar-refractivity contribution in [2.75, 3.05) is 6.54 Å².